The van der Waals surface area contributed by atoms with Crippen molar-refractivity contribution in [2.24, 2.45) is 0 Å². The summed E-state index contributed by atoms with van der Waals surface area (Å²) >= 11 is 0. The summed E-state index contributed by atoms with van der Waals surface area (Å²) in [6, 6.07) is 5.50. The van der Waals surface area contributed by atoms with Gasteiger partial charge in [-0.1, -0.05) is 19.1 Å². The van der Waals surface area contributed by atoms with Gasteiger partial charge in [-0.15, -0.1) is 0 Å². The highest BCUT2D eigenvalue weighted by Crippen LogP contribution is 2.23. The molecule has 0 aromatic heterocycles. The molecule has 0 fully saturated rings. The van der Waals surface area contributed by atoms with Crippen molar-refractivity contribution in [3.63, 3.8) is 0 Å². The molecule has 5 heteroatoms. The lowest BCUT2D eigenvalue weighted by Crippen LogP contribution is -2.37. The van der Waals surface area contributed by atoms with Crippen molar-refractivity contribution in [2.45, 2.75) is 32.4 Å². The van der Waals surface area contributed by atoms with Gasteiger partial charge in [0.2, 0.25) is 0 Å². The third-order valence-electron chi connectivity index (χ3n) is 3.64. The summed E-state index contributed by atoms with van der Waals surface area (Å²) in [5, 5.41) is 0. The quantitative estimate of drug-likeness (QED) is 0.774. The Kier molecular flexibility index (Phi) is 4.48. The van der Waals surface area contributed by atoms with Crippen molar-refractivity contribution in [3.05, 3.63) is 34.9 Å². The summed E-state index contributed by atoms with van der Waals surface area (Å²) in [6.45, 7) is 0.604. The number of likely N-dealkylation sites (N-methyl/N-ethyl adjacent to an activating group) is 1. The first-order valence-electron chi connectivity index (χ1n) is 6.83. The van der Waals surface area contributed by atoms with Gasteiger partial charge in [-0.2, -0.15) is 13.2 Å². The van der Waals surface area contributed by atoms with Crippen molar-refractivity contribution >= 4 is 5.78 Å². The highest BCUT2D eigenvalue weighted by Gasteiger charge is 2.31. The van der Waals surface area contributed by atoms with E-state index in [1.54, 1.807) is 13.0 Å². The first-order chi connectivity index (χ1) is 9.39. The number of hydrogen-bond donors (Lipinski definition) is 0. The molecular formula is C15H18F3NO. The van der Waals surface area contributed by atoms with Crippen LogP contribution in [0.25, 0.3) is 0 Å². The molecule has 110 valence electrons. The van der Waals surface area contributed by atoms with Gasteiger partial charge in [-0.05, 0) is 43.0 Å². The number of fused-ring (bicyclic) bond motifs is 1. The van der Waals surface area contributed by atoms with Crippen molar-refractivity contribution in [1.82, 2.24) is 4.90 Å². The van der Waals surface area contributed by atoms with E-state index in [1.807, 2.05) is 12.1 Å². The molecule has 0 bridgehead atoms. The summed E-state index contributed by atoms with van der Waals surface area (Å²) in [4.78, 5) is 13.2. The fourth-order valence-electron chi connectivity index (χ4n) is 2.57. The van der Waals surface area contributed by atoms with Crippen LogP contribution in [0, 0.1) is 0 Å². The van der Waals surface area contributed by atoms with Crippen molar-refractivity contribution in [2.75, 3.05) is 19.6 Å². The van der Waals surface area contributed by atoms with Gasteiger partial charge in [-0.3, -0.25) is 9.69 Å². The van der Waals surface area contributed by atoms with Crippen LogP contribution in [0.15, 0.2) is 18.2 Å². The van der Waals surface area contributed by atoms with Gasteiger partial charge in [0.15, 0.2) is 5.78 Å². The van der Waals surface area contributed by atoms with Crippen LogP contribution in [0.4, 0.5) is 13.2 Å². The molecule has 0 heterocycles. The molecule has 0 saturated carbocycles. The van der Waals surface area contributed by atoms with Gasteiger partial charge in [0, 0.05) is 5.56 Å². The Morgan fingerprint density at radius 1 is 1.25 bits per heavy atom. The van der Waals surface area contributed by atoms with E-state index in [9.17, 15) is 18.0 Å². The second-order valence-corrected chi connectivity index (χ2v) is 5.18. The third-order valence-corrected chi connectivity index (χ3v) is 3.64. The SMILES string of the molecule is CCN(CC(=O)c1ccc2c(c1)CCC2)CC(F)(F)F. The molecular weight excluding hydrogens is 267 g/mol. The predicted molar refractivity (Wildman–Crippen MR) is 71.0 cm³/mol. The molecule has 0 N–H and O–H groups in total. The van der Waals surface area contributed by atoms with Crippen molar-refractivity contribution < 1.29 is 18.0 Å². The predicted octanol–water partition coefficient (Wildman–Crippen LogP) is 3.24. The van der Waals surface area contributed by atoms with Crippen LogP contribution in [0.1, 0.15) is 34.8 Å². The standard InChI is InChI=1S/C15H18F3NO/c1-2-19(10-15(16,17)18)9-14(20)13-7-6-11-4-3-5-12(11)8-13/h6-8H,2-5,9-10H2,1H3. The normalized spacial score (nSPS) is 14.7. The Morgan fingerprint density at radius 3 is 2.60 bits per heavy atom. The molecule has 0 amide bonds. The third kappa shape index (κ3) is 3.82. The summed E-state index contributed by atoms with van der Waals surface area (Å²) < 4.78 is 37.1. The topological polar surface area (TPSA) is 20.3 Å². The molecule has 20 heavy (non-hydrogen) atoms. The van der Waals surface area contributed by atoms with E-state index < -0.39 is 12.7 Å². The van der Waals surface area contributed by atoms with Gasteiger partial charge < -0.3 is 0 Å². The number of aryl methyl sites for hydroxylation is 2. The van der Waals surface area contributed by atoms with Crippen LogP contribution in [0.2, 0.25) is 0 Å². The Balaban J connectivity index is 2.03. The Labute approximate surface area is 116 Å². The molecule has 1 aromatic rings. The Bertz CT molecular complexity index is 496. The molecule has 2 nitrogen and oxygen atoms in total. The summed E-state index contributed by atoms with van der Waals surface area (Å²) in [7, 11) is 0. The second-order valence-electron chi connectivity index (χ2n) is 5.18. The number of nitrogens with zero attached hydrogens (tertiary/aromatic N) is 1. The number of Topliss-reactive ketones (excluding diaryl/α,β-unsaturated/α-hetero) is 1. The van der Waals surface area contributed by atoms with E-state index in [4.69, 9.17) is 0 Å². The highest BCUT2D eigenvalue weighted by molar-refractivity contribution is 5.97. The monoisotopic (exact) mass is 285 g/mol. The van der Waals surface area contributed by atoms with Gasteiger partial charge in [-0.25, -0.2) is 0 Å². The lowest BCUT2D eigenvalue weighted by molar-refractivity contribution is -0.144. The van der Waals surface area contributed by atoms with Gasteiger partial charge in [0.1, 0.15) is 0 Å². The van der Waals surface area contributed by atoms with E-state index >= 15 is 0 Å². The van der Waals surface area contributed by atoms with Gasteiger partial charge >= 0.3 is 6.18 Å². The van der Waals surface area contributed by atoms with Crippen LogP contribution >= 0.6 is 0 Å². The first-order valence-corrected chi connectivity index (χ1v) is 6.83. The average molecular weight is 285 g/mol. The molecule has 0 saturated heterocycles. The fourth-order valence-corrected chi connectivity index (χ4v) is 2.57. The number of halogens is 3. The van der Waals surface area contributed by atoms with Crippen molar-refractivity contribution in [3.8, 4) is 0 Å². The number of rotatable bonds is 5. The summed E-state index contributed by atoms with van der Waals surface area (Å²) in [5.41, 5.74) is 2.94. The Morgan fingerprint density at radius 2 is 1.95 bits per heavy atom. The Hall–Kier alpha value is -1.36. The smallest absolute Gasteiger partial charge is 0.293 e. The van der Waals surface area contributed by atoms with Crippen LogP contribution in [0.5, 0.6) is 0 Å². The van der Waals surface area contributed by atoms with E-state index in [1.165, 1.54) is 5.56 Å². The molecule has 0 radical (unpaired) electrons. The lowest BCUT2D eigenvalue weighted by Gasteiger charge is -2.21. The van der Waals surface area contributed by atoms with E-state index in [-0.39, 0.29) is 18.9 Å². The number of carbonyl (C=O) groups excluding carboxylic acids is 1. The minimum atomic E-state index is -4.27. The zero-order chi connectivity index (χ0) is 14.8. The number of hydrogen-bond acceptors (Lipinski definition) is 2. The van der Waals surface area contributed by atoms with Crippen LogP contribution in [0.3, 0.4) is 0 Å². The molecule has 0 unspecified atom stereocenters. The number of carbonyl (C=O) groups is 1. The van der Waals surface area contributed by atoms with E-state index in [0.717, 1.165) is 29.7 Å². The van der Waals surface area contributed by atoms with Crippen LogP contribution < -0.4 is 0 Å². The molecule has 1 aliphatic rings. The highest BCUT2D eigenvalue weighted by atomic mass is 19.4. The number of alkyl halides is 3. The summed E-state index contributed by atoms with van der Waals surface area (Å²) in [5.74, 6) is -0.245. The fraction of sp³-hybridized carbons (Fsp3) is 0.533. The molecule has 1 aliphatic carbocycles. The van der Waals surface area contributed by atoms with E-state index in [2.05, 4.69) is 0 Å². The molecule has 0 aliphatic heterocycles. The zero-order valence-corrected chi connectivity index (χ0v) is 11.5. The minimum Gasteiger partial charge on any atom is -0.293 e. The maximum Gasteiger partial charge on any atom is 0.401 e. The minimum absolute atomic E-state index is 0.186. The van der Waals surface area contributed by atoms with Crippen LogP contribution in [-0.2, 0) is 12.8 Å². The average Bonchev–Trinajstić information content (AvgIpc) is 2.83. The molecule has 0 spiro atoms. The largest absolute Gasteiger partial charge is 0.401 e. The van der Waals surface area contributed by atoms with E-state index in [0.29, 0.717) is 5.56 Å². The van der Waals surface area contributed by atoms with Gasteiger partial charge in [0.05, 0.1) is 13.1 Å². The number of benzene rings is 1. The lowest BCUT2D eigenvalue weighted by atomic mass is 10.0. The second kappa shape index (κ2) is 5.95. The molecule has 0 atom stereocenters. The van der Waals surface area contributed by atoms with Crippen LogP contribution in [-0.4, -0.2) is 36.5 Å². The maximum absolute atomic E-state index is 12.4. The number of ketones is 1. The molecule has 1 aromatic carbocycles. The van der Waals surface area contributed by atoms with Crippen molar-refractivity contribution in [1.29, 1.82) is 0 Å². The maximum atomic E-state index is 12.4. The van der Waals surface area contributed by atoms with Gasteiger partial charge in [0.25, 0.3) is 0 Å². The first kappa shape index (κ1) is 15.0. The summed E-state index contributed by atoms with van der Waals surface area (Å²) in [6.07, 6.45) is -1.20. The molecule has 2 rings (SSSR count). The zero-order valence-electron chi connectivity index (χ0n) is 11.5.